The lowest BCUT2D eigenvalue weighted by Gasteiger charge is -2.30. The lowest BCUT2D eigenvalue weighted by atomic mass is 10.1. The van der Waals surface area contributed by atoms with Gasteiger partial charge >= 0.3 is 0 Å². The number of aromatic nitrogens is 2. The van der Waals surface area contributed by atoms with Crippen LogP contribution in [0.2, 0.25) is 0 Å². The molecule has 0 spiro atoms. The highest BCUT2D eigenvalue weighted by molar-refractivity contribution is 9.10. The van der Waals surface area contributed by atoms with E-state index < -0.39 is 0 Å². The first kappa shape index (κ1) is 13.5. The maximum absolute atomic E-state index is 5.92. The third-order valence-electron chi connectivity index (χ3n) is 3.62. The van der Waals surface area contributed by atoms with Crippen LogP contribution in [0.1, 0.15) is 12.8 Å². The molecule has 1 aliphatic heterocycles. The zero-order valence-electron chi connectivity index (χ0n) is 11.2. The standard InChI is InChI=1S/C15H17BrN4/c16-13-3-1-2-11(8-13)12-9-18-15(19-10-12)20-6-4-14(17)5-7-20/h1-3,8-10,14H,4-7,17H2. The van der Waals surface area contributed by atoms with E-state index in [1.165, 1.54) is 0 Å². The number of hydrogen-bond donors (Lipinski definition) is 1. The summed E-state index contributed by atoms with van der Waals surface area (Å²) in [4.78, 5) is 11.2. The van der Waals surface area contributed by atoms with E-state index in [0.717, 1.165) is 47.5 Å². The molecule has 2 aromatic rings. The van der Waals surface area contributed by atoms with Crippen LogP contribution >= 0.6 is 15.9 Å². The van der Waals surface area contributed by atoms with Crippen molar-refractivity contribution in [3.05, 3.63) is 41.1 Å². The van der Waals surface area contributed by atoms with E-state index in [1.807, 2.05) is 24.5 Å². The maximum atomic E-state index is 5.92. The lowest BCUT2D eigenvalue weighted by molar-refractivity contribution is 0.495. The monoisotopic (exact) mass is 332 g/mol. The van der Waals surface area contributed by atoms with Crippen molar-refractivity contribution in [3.8, 4) is 11.1 Å². The van der Waals surface area contributed by atoms with Crippen LogP contribution in [0.3, 0.4) is 0 Å². The first-order valence-corrected chi connectivity index (χ1v) is 7.60. The van der Waals surface area contributed by atoms with Gasteiger partial charge in [0, 0.05) is 41.6 Å². The summed E-state index contributed by atoms with van der Waals surface area (Å²) in [6, 6.07) is 8.48. The van der Waals surface area contributed by atoms with Crippen LogP contribution in [-0.2, 0) is 0 Å². The second-order valence-corrected chi connectivity index (χ2v) is 6.02. The molecular formula is C15H17BrN4. The number of anilines is 1. The highest BCUT2D eigenvalue weighted by Crippen LogP contribution is 2.23. The Morgan fingerprint density at radius 3 is 2.45 bits per heavy atom. The lowest BCUT2D eigenvalue weighted by Crippen LogP contribution is -2.40. The van der Waals surface area contributed by atoms with Crippen molar-refractivity contribution in [2.75, 3.05) is 18.0 Å². The van der Waals surface area contributed by atoms with Crippen molar-refractivity contribution < 1.29 is 0 Å². The van der Waals surface area contributed by atoms with Crippen molar-refractivity contribution >= 4 is 21.9 Å². The number of piperidine rings is 1. The molecule has 0 amide bonds. The van der Waals surface area contributed by atoms with Gasteiger partial charge in [-0.2, -0.15) is 0 Å². The fraction of sp³-hybridized carbons (Fsp3) is 0.333. The second-order valence-electron chi connectivity index (χ2n) is 5.11. The van der Waals surface area contributed by atoms with Crippen LogP contribution < -0.4 is 10.6 Å². The summed E-state index contributed by atoms with van der Waals surface area (Å²) in [5.74, 6) is 0.802. The third kappa shape index (κ3) is 2.99. The average Bonchev–Trinajstić information content (AvgIpc) is 2.48. The first-order chi connectivity index (χ1) is 9.72. The smallest absolute Gasteiger partial charge is 0.225 e. The molecule has 1 aromatic carbocycles. The summed E-state index contributed by atoms with van der Waals surface area (Å²) in [5.41, 5.74) is 8.07. The first-order valence-electron chi connectivity index (χ1n) is 6.81. The Kier molecular flexibility index (Phi) is 3.98. The Bertz CT molecular complexity index is 577. The van der Waals surface area contributed by atoms with Gasteiger partial charge in [-0.1, -0.05) is 28.1 Å². The molecule has 4 nitrogen and oxygen atoms in total. The molecule has 1 saturated heterocycles. The molecule has 1 aliphatic rings. The van der Waals surface area contributed by atoms with Gasteiger partial charge in [0.1, 0.15) is 0 Å². The molecular weight excluding hydrogens is 316 g/mol. The van der Waals surface area contributed by atoms with Crippen LogP contribution in [0.15, 0.2) is 41.1 Å². The van der Waals surface area contributed by atoms with Gasteiger partial charge in [-0.25, -0.2) is 9.97 Å². The predicted molar refractivity (Wildman–Crippen MR) is 84.6 cm³/mol. The van der Waals surface area contributed by atoms with E-state index >= 15 is 0 Å². The number of benzene rings is 1. The molecule has 3 rings (SSSR count). The molecule has 1 aromatic heterocycles. The summed E-state index contributed by atoms with van der Waals surface area (Å²) in [6.07, 6.45) is 5.80. The van der Waals surface area contributed by atoms with E-state index in [2.05, 4.69) is 42.9 Å². The summed E-state index contributed by atoms with van der Waals surface area (Å²) in [6.45, 7) is 1.88. The fourth-order valence-electron chi connectivity index (χ4n) is 2.40. The highest BCUT2D eigenvalue weighted by atomic mass is 79.9. The van der Waals surface area contributed by atoms with E-state index in [0.29, 0.717) is 6.04 Å². The molecule has 0 unspecified atom stereocenters. The van der Waals surface area contributed by atoms with Crippen molar-refractivity contribution in [2.24, 2.45) is 5.73 Å². The molecule has 0 aliphatic carbocycles. The Morgan fingerprint density at radius 2 is 1.80 bits per heavy atom. The number of halogens is 1. The van der Waals surface area contributed by atoms with Crippen LogP contribution in [0.5, 0.6) is 0 Å². The van der Waals surface area contributed by atoms with E-state index in [9.17, 15) is 0 Å². The van der Waals surface area contributed by atoms with E-state index in [-0.39, 0.29) is 0 Å². The van der Waals surface area contributed by atoms with Gasteiger partial charge in [-0.3, -0.25) is 0 Å². The summed E-state index contributed by atoms with van der Waals surface area (Å²) < 4.78 is 1.06. The molecule has 20 heavy (non-hydrogen) atoms. The summed E-state index contributed by atoms with van der Waals surface area (Å²) in [7, 11) is 0. The minimum Gasteiger partial charge on any atom is -0.341 e. The molecule has 0 saturated carbocycles. The molecule has 104 valence electrons. The molecule has 5 heteroatoms. The van der Waals surface area contributed by atoms with Gasteiger partial charge in [0.05, 0.1) is 0 Å². The van der Waals surface area contributed by atoms with Gasteiger partial charge in [0.15, 0.2) is 0 Å². The SMILES string of the molecule is NC1CCN(c2ncc(-c3cccc(Br)c3)cn2)CC1. The molecule has 2 heterocycles. The van der Waals surface area contributed by atoms with Crippen molar-refractivity contribution in [2.45, 2.75) is 18.9 Å². The Hall–Kier alpha value is -1.46. The largest absolute Gasteiger partial charge is 0.341 e. The summed E-state index contributed by atoms with van der Waals surface area (Å²) in [5, 5.41) is 0. The predicted octanol–water partition coefficient (Wildman–Crippen LogP) is 2.83. The maximum Gasteiger partial charge on any atom is 0.225 e. The van der Waals surface area contributed by atoms with E-state index in [4.69, 9.17) is 5.73 Å². The topological polar surface area (TPSA) is 55.0 Å². The molecule has 2 N–H and O–H groups in total. The van der Waals surface area contributed by atoms with Crippen LogP contribution in [0, 0.1) is 0 Å². The minimum absolute atomic E-state index is 0.326. The van der Waals surface area contributed by atoms with E-state index in [1.54, 1.807) is 0 Å². The van der Waals surface area contributed by atoms with Gasteiger partial charge < -0.3 is 10.6 Å². The normalized spacial score (nSPS) is 16.4. The number of rotatable bonds is 2. The third-order valence-corrected chi connectivity index (χ3v) is 4.11. The zero-order chi connectivity index (χ0) is 13.9. The highest BCUT2D eigenvalue weighted by Gasteiger charge is 2.18. The van der Waals surface area contributed by atoms with Crippen LogP contribution in [0.4, 0.5) is 5.95 Å². The van der Waals surface area contributed by atoms with Gasteiger partial charge in [0.25, 0.3) is 0 Å². The van der Waals surface area contributed by atoms with Crippen molar-refractivity contribution in [3.63, 3.8) is 0 Å². The van der Waals surface area contributed by atoms with Crippen LogP contribution in [-0.4, -0.2) is 29.1 Å². The summed E-state index contributed by atoms with van der Waals surface area (Å²) >= 11 is 3.48. The van der Waals surface area contributed by atoms with Gasteiger partial charge in [-0.05, 0) is 30.5 Å². The fourth-order valence-corrected chi connectivity index (χ4v) is 2.80. The number of hydrogen-bond acceptors (Lipinski definition) is 4. The molecule has 0 bridgehead atoms. The Balaban J connectivity index is 1.78. The molecule has 0 atom stereocenters. The van der Waals surface area contributed by atoms with Crippen LogP contribution in [0.25, 0.3) is 11.1 Å². The van der Waals surface area contributed by atoms with Gasteiger partial charge in [0.2, 0.25) is 5.95 Å². The molecule has 0 radical (unpaired) electrons. The number of nitrogens with two attached hydrogens (primary N) is 1. The van der Waals surface area contributed by atoms with Gasteiger partial charge in [-0.15, -0.1) is 0 Å². The second kappa shape index (κ2) is 5.89. The average molecular weight is 333 g/mol. The van der Waals surface area contributed by atoms with Crippen molar-refractivity contribution in [1.29, 1.82) is 0 Å². The molecule has 1 fully saturated rings. The minimum atomic E-state index is 0.326. The van der Waals surface area contributed by atoms with Crippen molar-refractivity contribution in [1.82, 2.24) is 9.97 Å². The Morgan fingerprint density at radius 1 is 1.10 bits per heavy atom. The zero-order valence-corrected chi connectivity index (χ0v) is 12.8. The Labute approximate surface area is 127 Å². The quantitative estimate of drug-likeness (QED) is 0.918. The number of nitrogens with zero attached hydrogens (tertiary/aromatic N) is 3.